The van der Waals surface area contributed by atoms with Crippen LogP contribution in [-0.4, -0.2) is 18.5 Å². The predicted octanol–water partition coefficient (Wildman–Crippen LogP) is 2.83. The summed E-state index contributed by atoms with van der Waals surface area (Å²) in [5, 5.41) is 6.37. The molecule has 1 aromatic rings. The van der Waals surface area contributed by atoms with Crippen LogP contribution in [0.4, 0.5) is 0 Å². The van der Waals surface area contributed by atoms with Crippen LogP contribution in [0.3, 0.4) is 0 Å². The zero-order valence-electron chi connectivity index (χ0n) is 9.83. The Balaban J connectivity index is 1.97. The Morgan fingerprint density at radius 3 is 3.06 bits per heavy atom. The first-order valence-electron chi connectivity index (χ1n) is 5.96. The van der Waals surface area contributed by atoms with Crippen LogP contribution < -0.4 is 10.6 Å². The maximum Gasteiger partial charge on any atom is 0.237 e. The van der Waals surface area contributed by atoms with Gasteiger partial charge in [0.2, 0.25) is 5.91 Å². The topological polar surface area (TPSA) is 41.1 Å². The highest BCUT2D eigenvalue weighted by molar-refractivity contribution is 9.11. The smallest absolute Gasteiger partial charge is 0.237 e. The van der Waals surface area contributed by atoms with Gasteiger partial charge in [0.15, 0.2) is 0 Å². The van der Waals surface area contributed by atoms with Gasteiger partial charge in [-0.15, -0.1) is 11.3 Å². The molecule has 1 aliphatic rings. The molecule has 17 heavy (non-hydrogen) atoms. The van der Waals surface area contributed by atoms with E-state index in [4.69, 9.17) is 0 Å². The van der Waals surface area contributed by atoms with Crippen molar-refractivity contribution in [2.45, 2.75) is 38.3 Å². The summed E-state index contributed by atoms with van der Waals surface area (Å²) in [5.74, 6) is 0.143. The zero-order valence-corrected chi connectivity index (χ0v) is 12.2. The molecule has 2 unspecified atom stereocenters. The first kappa shape index (κ1) is 13.1. The second-order valence-corrected chi connectivity index (χ2v) is 6.86. The van der Waals surface area contributed by atoms with Crippen molar-refractivity contribution in [2.75, 3.05) is 6.54 Å². The normalized spacial score (nSPS) is 22.9. The van der Waals surface area contributed by atoms with Crippen LogP contribution >= 0.6 is 27.3 Å². The molecule has 2 rings (SSSR count). The molecule has 1 fully saturated rings. The Hall–Kier alpha value is -0.390. The first-order chi connectivity index (χ1) is 8.16. The molecular weight excluding hydrogens is 300 g/mol. The van der Waals surface area contributed by atoms with Gasteiger partial charge in [-0.3, -0.25) is 10.1 Å². The number of hydrogen-bond donors (Lipinski definition) is 2. The lowest BCUT2D eigenvalue weighted by Gasteiger charge is -2.20. The van der Waals surface area contributed by atoms with Crippen molar-refractivity contribution < 1.29 is 4.79 Å². The minimum atomic E-state index is -0.0478. The van der Waals surface area contributed by atoms with E-state index in [1.54, 1.807) is 11.3 Å². The molecule has 0 aromatic carbocycles. The van der Waals surface area contributed by atoms with Gasteiger partial charge in [0, 0.05) is 17.5 Å². The average molecular weight is 317 g/mol. The summed E-state index contributed by atoms with van der Waals surface area (Å²) >= 11 is 5.17. The van der Waals surface area contributed by atoms with E-state index in [2.05, 4.69) is 39.6 Å². The van der Waals surface area contributed by atoms with E-state index in [0.717, 1.165) is 29.6 Å². The van der Waals surface area contributed by atoms with Crippen LogP contribution in [0.5, 0.6) is 0 Å². The van der Waals surface area contributed by atoms with Crippen LogP contribution in [0.1, 0.15) is 37.1 Å². The van der Waals surface area contributed by atoms with Crippen molar-refractivity contribution in [3.05, 3.63) is 20.8 Å². The van der Waals surface area contributed by atoms with E-state index in [9.17, 15) is 4.79 Å². The second kappa shape index (κ2) is 5.98. The van der Waals surface area contributed by atoms with E-state index in [-0.39, 0.29) is 18.0 Å². The SMILES string of the molecule is CC(NC1CCCCNC1=O)c1ccc(Br)s1. The Morgan fingerprint density at radius 2 is 2.35 bits per heavy atom. The molecule has 1 aromatic heterocycles. The van der Waals surface area contributed by atoms with Gasteiger partial charge in [-0.05, 0) is 54.2 Å². The number of carbonyl (C=O) groups excluding carboxylic acids is 1. The summed E-state index contributed by atoms with van der Waals surface area (Å²) in [5.41, 5.74) is 0. The summed E-state index contributed by atoms with van der Waals surface area (Å²) in [6.07, 6.45) is 3.13. The third-order valence-corrected chi connectivity index (χ3v) is 4.81. The van der Waals surface area contributed by atoms with Gasteiger partial charge in [0.25, 0.3) is 0 Å². The summed E-state index contributed by atoms with van der Waals surface area (Å²) in [6, 6.07) is 4.32. The van der Waals surface area contributed by atoms with Gasteiger partial charge in [-0.2, -0.15) is 0 Å². The van der Waals surface area contributed by atoms with Crippen LogP contribution in [0, 0.1) is 0 Å². The molecular formula is C12H17BrN2OS. The number of hydrogen-bond acceptors (Lipinski definition) is 3. The fourth-order valence-electron chi connectivity index (χ4n) is 2.04. The molecule has 94 valence electrons. The Bertz CT molecular complexity index is 394. The molecule has 2 N–H and O–H groups in total. The maximum atomic E-state index is 11.8. The Morgan fingerprint density at radius 1 is 1.53 bits per heavy atom. The van der Waals surface area contributed by atoms with Crippen LogP contribution in [-0.2, 0) is 4.79 Å². The summed E-state index contributed by atoms with van der Waals surface area (Å²) in [7, 11) is 0. The van der Waals surface area contributed by atoms with E-state index >= 15 is 0 Å². The molecule has 0 radical (unpaired) electrons. The standard InChI is InChI=1S/C12H17BrN2OS/c1-8(10-5-6-11(13)17-10)15-9-4-2-3-7-14-12(9)16/h5-6,8-9,15H,2-4,7H2,1H3,(H,14,16). The number of carbonyl (C=O) groups is 1. The van der Waals surface area contributed by atoms with Gasteiger partial charge in [0.05, 0.1) is 9.83 Å². The monoisotopic (exact) mass is 316 g/mol. The minimum Gasteiger partial charge on any atom is -0.355 e. The van der Waals surface area contributed by atoms with Gasteiger partial charge in [0.1, 0.15) is 0 Å². The highest BCUT2D eigenvalue weighted by Crippen LogP contribution is 2.27. The molecule has 1 aliphatic heterocycles. The van der Waals surface area contributed by atoms with E-state index in [0.29, 0.717) is 0 Å². The van der Waals surface area contributed by atoms with E-state index in [1.165, 1.54) is 4.88 Å². The number of thiophene rings is 1. The summed E-state index contributed by atoms with van der Waals surface area (Å²) in [4.78, 5) is 13.1. The molecule has 5 heteroatoms. The minimum absolute atomic E-state index is 0.0478. The summed E-state index contributed by atoms with van der Waals surface area (Å²) in [6.45, 7) is 2.92. The van der Waals surface area contributed by atoms with Crippen molar-refractivity contribution >= 4 is 33.2 Å². The molecule has 0 saturated carbocycles. The van der Waals surface area contributed by atoms with Crippen molar-refractivity contribution in [1.29, 1.82) is 0 Å². The molecule has 2 atom stereocenters. The fraction of sp³-hybridized carbons (Fsp3) is 0.583. The fourth-order valence-corrected chi connectivity index (χ4v) is 3.48. The van der Waals surface area contributed by atoms with E-state index < -0.39 is 0 Å². The van der Waals surface area contributed by atoms with Crippen molar-refractivity contribution in [2.24, 2.45) is 0 Å². The zero-order chi connectivity index (χ0) is 12.3. The quantitative estimate of drug-likeness (QED) is 0.900. The number of rotatable bonds is 3. The lowest BCUT2D eigenvalue weighted by Crippen LogP contribution is -2.43. The molecule has 1 saturated heterocycles. The molecule has 1 amide bonds. The number of amides is 1. The third-order valence-electron chi connectivity index (χ3n) is 3.01. The summed E-state index contributed by atoms with van der Waals surface area (Å²) < 4.78 is 1.13. The van der Waals surface area contributed by atoms with Crippen LogP contribution in [0.2, 0.25) is 0 Å². The van der Waals surface area contributed by atoms with E-state index in [1.807, 2.05) is 6.07 Å². The highest BCUT2D eigenvalue weighted by atomic mass is 79.9. The van der Waals surface area contributed by atoms with Crippen LogP contribution in [0.15, 0.2) is 15.9 Å². The second-order valence-electron chi connectivity index (χ2n) is 4.37. The van der Waals surface area contributed by atoms with Gasteiger partial charge < -0.3 is 5.32 Å². The third kappa shape index (κ3) is 3.53. The number of halogens is 1. The maximum absolute atomic E-state index is 11.8. The first-order valence-corrected chi connectivity index (χ1v) is 7.57. The molecule has 0 bridgehead atoms. The highest BCUT2D eigenvalue weighted by Gasteiger charge is 2.22. The molecule has 3 nitrogen and oxygen atoms in total. The molecule has 2 heterocycles. The Kier molecular flexibility index (Phi) is 4.59. The van der Waals surface area contributed by atoms with Gasteiger partial charge in [-0.1, -0.05) is 0 Å². The lowest BCUT2D eigenvalue weighted by molar-refractivity contribution is -0.123. The largest absolute Gasteiger partial charge is 0.355 e. The van der Waals surface area contributed by atoms with Crippen molar-refractivity contribution in [1.82, 2.24) is 10.6 Å². The van der Waals surface area contributed by atoms with Crippen molar-refractivity contribution in [3.8, 4) is 0 Å². The van der Waals surface area contributed by atoms with Gasteiger partial charge in [-0.25, -0.2) is 0 Å². The molecule has 0 spiro atoms. The lowest BCUT2D eigenvalue weighted by atomic mass is 10.1. The average Bonchev–Trinajstić information content (AvgIpc) is 2.63. The predicted molar refractivity (Wildman–Crippen MR) is 74.2 cm³/mol. The van der Waals surface area contributed by atoms with Crippen LogP contribution in [0.25, 0.3) is 0 Å². The number of nitrogens with one attached hydrogen (secondary N) is 2. The molecule has 0 aliphatic carbocycles. The van der Waals surface area contributed by atoms with Gasteiger partial charge >= 0.3 is 0 Å². The Labute approximate surface area is 114 Å². The van der Waals surface area contributed by atoms with Crippen molar-refractivity contribution in [3.63, 3.8) is 0 Å².